The Morgan fingerprint density at radius 2 is 1.28 bits per heavy atom. The Balaban J connectivity index is 1.59. The van der Waals surface area contributed by atoms with E-state index in [0.717, 1.165) is 19.4 Å². The Morgan fingerprint density at radius 1 is 0.696 bits per heavy atom. The van der Waals surface area contributed by atoms with Crippen LogP contribution in [0.4, 0.5) is 0 Å². The average molecular weight is 634 g/mol. The maximum Gasteiger partial charge on any atom is 0.312 e. The summed E-state index contributed by atoms with van der Waals surface area (Å²) in [7, 11) is 0. The third-order valence-electron chi connectivity index (χ3n) is 6.80. The van der Waals surface area contributed by atoms with E-state index in [4.69, 9.17) is 28.4 Å². The summed E-state index contributed by atoms with van der Waals surface area (Å²) in [6.07, 6.45) is -5.63. The molecule has 1 heterocycles. The first-order valence-corrected chi connectivity index (χ1v) is 14.5. The molecule has 3 aromatic carbocycles. The summed E-state index contributed by atoms with van der Waals surface area (Å²) in [6.45, 7) is 3.34. The molecule has 3 aromatic rings. The highest BCUT2D eigenvalue weighted by Gasteiger charge is 2.52. The molecule has 1 saturated heterocycles. The van der Waals surface area contributed by atoms with Gasteiger partial charge in [0.05, 0.1) is 6.42 Å². The van der Waals surface area contributed by atoms with E-state index in [0.29, 0.717) is 17.9 Å². The maximum atomic E-state index is 13.5. The normalized spacial score (nSPS) is 20.5. The molecule has 12 heteroatoms. The van der Waals surface area contributed by atoms with Crippen LogP contribution in [-0.2, 0) is 55.9 Å². The van der Waals surface area contributed by atoms with Crippen LogP contribution >= 0.6 is 0 Å². The van der Waals surface area contributed by atoms with Gasteiger partial charge in [0.25, 0.3) is 5.91 Å². The molecular weight excluding hydrogens is 598 g/mol. The lowest BCUT2D eigenvalue weighted by molar-refractivity contribution is -0.270. The zero-order chi connectivity index (χ0) is 33.1. The largest absolute Gasteiger partial charge is 0.489 e. The van der Waals surface area contributed by atoms with Gasteiger partial charge in [-0.15, -0.1) is 0 Å². The second kappa shape index (κ2) is 16.2. The third kappa shape index (κ3) is 9.89. The molecule has 46 heavy (non-hydrogen) atoms. The Morgan fingerprint density at radius 3 is 1.87 bits per heavy atom. The molecule has 0 aliphatic carbocycles. The fourth-order valence-corrected chi connectivity index (χ4v) is 4.77. The summed E-state index contributed by atoms with van der Waals surface area (Å²) in [5.41, 5.74) is 1.83. The second-order valence-corrected chi connectivity index (χ2v) is 10.4. The summed E-state index contributed by atoms with van der Waals surface area (Å²) in [5, 5.41) is 2.72. The summed E-state index contributed by atoms with van der Waals surface area (Å²) in [4.78, 5) is 62.5. The summed E-state index contributed by atoms with van der Waals surface area (Å²) < 4.78 is 33.6. The first kappa shape index (κ1) is 33.7. The van der Waals surface area contributed by atoms with Crippen LogP contribution in [0.5, 0.6) is 5.75 Å². The highest BCUT2D eigenvalue weighted by atomic mass is 16.7. The number of rotatable bonds is 12. The summed E-state index contributed by atoms with van der Waals surface area (Å²) >= 11 is 0. The standard InChI is InChI=1S/C34H35NO11/c1-21(36)41-20-28-31(43-22(2)37)32(44-23(3)38)30(34(45-28)46-29(39)18-24-10-6-4-7-11-24)35-33(40)26-14-16-27(17-15-26)42-19-25-12-8-5-9-13-25/h4-17,28,30-32,34H,18-20H2,1-3H3,(H,35,40)/t28-,30+,31-,32+,34+/m0/s1. The van der Waals surface area contributed by atoms with Crippen LogP contribution in [0, 0.1) is 0 Å². The molecule has 242 valence electrons. The van der Waals surface area contributed by atoms with Crippen molar-refractivity contribution in [2.75, 3.05) is 6.61 Å². The van der Waals surface area contributed by atoms with Crippen molar-refractivity contribution in [1.82, 2.24) is 5.32 Å². The minimum Gasteiger partial charge on any atom is -0.489 e. The maximum absolute atomic E-state index is 13.5. The summed E-state index contributed by atoms with van der Waals surface area (Å²) in [6, 6.07) is 23.3. The molecular formula is C34H35NO11. The number of hydrogen-bond donors (Lipinski definition) is 1. The lowest BCUT2D eigenvalue weighted by Crippen LogP contribution is -2.67. The second-order valence-electron chi connectivity index (χ2n) is 10.4. The van der Waals surface area contributed by atoms with Gasteiger partial charge in [-0.25, -0.2) is 0 Å². The lowest BCUT2D eigenvalue weighted by Gasteiger charge is -2.44. The van der Waals surface area contributed by atoms with Crippen LogP contribution in [0.25, 0.3) is 0 Å². The van der Waals surface area contributed by atoms with Gasteiger partial charge in [0, 0.05) is 26.3 Å². The molecule has 1 amide bonds. The van der Waals surface area contributed by atoms with Crippen LogP contribution in [0.2, 0.25) is 0 Å². The Kier molecular flexibility index (Phi) is 11.8. The Hall–Kier alpha value is -5.23. The van der Waals surface area contributed by atoms with Crippen molar-refractivity contribution < 1.29 is 52.4 Å². The highest BCUT2D eigenvalue weighted by molar-refractivity contribution is 5.94. The van der Waals surface area contributed by atoms with Crippen LogP contribution in [0.15, 0.2) is 84.9 Å². The topological polar surface area (TPSA) is 153 Å². The molecule has 1 N–H and O–H groups in total. The highest BCUT2D eigenvalue weighted by Crippen LogP contribution is 2.29. The van der Waals surface area contributed by atoms with E-state index in [1.807, 2.05) is 30.3 Å². The molecule has 1 fully saturated rings. The third-order valence-corrected chi connectivity index (χ3v) is 6.80. The van der Waals surface area contributed by atoms with Gasteiger partial charge in [-0.1, -0.05) is 60.7 Å². The Bertz CT molecular complexity index is 1490. The molecule has 0 unspecified atom stereocenters. The predicted octanol–water partition coefficient (Wildman–Crippen LogP) is 3.30. The van der Waals surface area contributed by atoms with Crippen LogP contribution in [-0.4, -0.2) is 67.0 Å². The number of nitrogens with one attached hydrogen (secondary N) is 1. The fourth-order valence-electron chi connectivity index (χ4n) is 4.77. The minimum absolute atomic E-state index is 0.133. The monoisotopic (exact) mass is 633 g/mol. The number of amides is 1. The number of carbonyl (C=O) groups excluding carboxylic acids is 5. The molecule has 0 radical (unpaired) electrons. The summed E-state index contributed by atoms with van der Waals surface area (Å²) in [5.74, 6) is -3.01. The minimum atomic E-state index is -1.54. The van der Waals surface area contributed by atoms with Crippen LogP contribution in [0.3, 0.4) is 0 Å². The van der Waals surface area contributed by atoms with Crippen molar-refractivity contribution >= 4 is 29.8 Å². The van der Waals surface area contributed by atoms with Gasteiger partial charge in [-0.2, -0.15) is 0 Å². The first-order valence-electron chi connectivity index (χ1n) is 14.5. The molecule has 0 aromatic heterocycles. The van der Waals surface area contributed by atoms with Gasteiger partial charge >= 0.3 is 23.9 Å². The average Bonchev–Trinajstić information content (AvgIpc) is 3.02. The number of carbonyl (C=O) groups is 5. The number of esters is 4. The van der Waals surface area contributed by atoms with Crippen molar-refractivity contribution in [3.8, 4) is 5.75 Å². The van der Waals surface area contributed by atoms with E-state index in [2.05, 4.69) is 5.32 Å². The van der Waals surface area contributed by atoms with Gasteiger partial charge in [-0.3, -0.25) is 24.0 Å². The van der Waals surface area contributed by atoms with Crippen LogP contribution < -0.4 is 10.1 Å². The smallest absolute Gasteiger partial charge is 0.312 e. The van der Waals surface area contributed by atoms with Gasteiger partial charge in [-0.05, 0) is 35.4 Å². The number of benzene rings is 3. The number of ether oxygens (including phenoxy) is 6. The van der Waals surface area contributed by atoms with Gasteiger partial charge in [0.1, 0.15) is 31.1 Å². The number of hydrogen-bond acceptors (Lipinski definition) is 11. The molecule has 4 rings (SSSR count). The van der Waals surface area contributed by atoms with E-state index in [1.165, 1.54) is 19.1 Å². The molecule has 0 spiro atoms. The fraction of sp³-hybridized carbons (Fsp3) is 0.324. The first-order chi connectivity index (χ1) is 22.1. The van der Waals surface area contributed by atoms with E-state index in [1.54, 1.807) is 42.5 Å². The zero-order valence-corrected chi connectivity index (χ0v) is 25.6. The molecule has 1 aliphatic rings. The zero-order valence-electron chi connectivity index (χ0n) is 25.6. The molecule has 12 nitrogen and oxygen atoms in total. The van der Waals surface area contributed by atoms with Crippen molar-refractivity contribution in [2.45, 2.75) is 64.4 Å². The molecule has 5 atom stereocenters. The van der Waals surface area contributed by atoms with Crippen molar-refractivity contribution in [1.29, 1.82) is 0 Å². The van der Waals surface area contributed by atoms with E-state index in [-0.39, 0.29) is 12.0 Å². The van der Waals surface area contributed by atoms with Gasteiger partial charge in [0.15, 0.2) is 12.2 Å². The van der Waals surface area contributed by atoms with Crippen LogP contribution in [0.1, 0.15) is 42.3 Å². The molecule has 0 bridgehead atoms. The van der Waals surface area contributed by atoms with E-state index in [9.17, 15) is 24.0 Å². The van der Waals surface area contributed by atoms with Gasteiger partial charge in [0.2, 0.25) is 6.29 Å². The molecule has 0 saturated carbocycles. The molecule has 1 aliphatic heterocycles. The van der Waals surface area contributed by atoms with Crippen molar-refractivity contribution in [3.05, 3.63) is 102 Å². The SMILES string of the molecule is CC(=O)OC[C@@H]1O[C@H](OC(=O)Cc2ccccc2)[C@H](NC(=O)c2ccc(OCc3ccccc3)cc2)[C@@H](OC(C)=O)[C@H]1OC(C)=O. The predicted molar refractivity (Wildman–Crippen MR) is 161 cm³/mol. The van der Waals surface area contributed by atoms with Crippen molar-refractivity contribution in [2.24, 2.45) is 0 Å². The lowest BCUT2D eigenvalue weighted by atomic mass is 9.95. The van der Waals surface area contributed by atoms with E-state index < -0.39 is 67.0 Å². The van der Waals surface area contributed by atoms with E-state index >= 15 is 0 Å². The van der Waals surface area contributed by atoms with Gasteiger partial charge < -0.3 is 33.7 Å². The quantitative estimate of drug-likeness (QED) is 0.231. The Labute approximate surface area is 265 Å². The van der Waals surface area contributed by atoms with Crippen molar-refractivity contribution in [3.63, 3.8) is 0 Å².